The molecule has 0 amide bonds. The molecule has 0 saturated heterocycles. The lowest BCUT2D eigenvalue weighted by Crippen LogP contribution is -2.30. The van der Waals surface area contributed by atoms with Crippen molar-refractivity contribution in [3.05, 3.63) is 0 Å². The molecule has 0 spiro atoms. The normalized spacial score (nSPS) is 14.2. The van der Waals surface area contributed by atoms with Crippen LogP contribution in [0.4, 0.5) is 0 Å². The summed E-state index contributed by atoms with van der Waals surface area (Å²) in [4.78, 5) is 72.4. The first kappa shape index (κ1) is 86.1. The van der Waals surface area contributed by atoms with Gasteiger partial charge in [0.2, 0.25) is 0 Å². The van der Waals surface area contributed by atoms with Crippen molar-refractivity contribution in [2.75, 3.05) is 39.6 Å². The maximum Gasteiger partial charge on any atom is 0.472 e. The quantitative estimate of drug-likeness (QED) is 0.0222. The van der Waals surface area contributed by atoms with Crippen LogP contribution in [0.5, 0.6) is 0 Å². The van der Waals surface area contributed by atoms with E-state index in [4.69, 9.17) is 37.0 Å². The third-order valence-corrected chi connectivity index (χ3v) is 17.9. The molecule has 0 aliphatic carbocycles. The van der Waals surface area contributed by atoms with Crippen LogP contribution in [0.2, 0.25) is 0 Å². The molecule has 0 rings (SSSR count). The molecule has 0 aromatic carbocycles. The van der Waals surface area contributed by atoms with E-state index in [2.05, 4.69) is 41.5 Å². The summed E-state index contributed by atoms with van der Waals surface area (Å²) in [5.74, 6) is -0.619. The number of phosphoric ester groups is 2. The smallest absolute Gasteiger partial charge is 0.462 e. The lowest BCUT2D eigenvalue weighted by Gasteiger charge is -2.21. The molecule has 0 aromatic heterocycles. The van der Waals surface area contributed by atoms with E-state index in [1.807, 2.05) is 0 Å². The standard InChI is InChI=1S/C69H134O17P2/c1-7-9-11-13-15-17-27-33-39-45-51-66(71)79-57-64(85-68(73)53-47-41-34-28-18-16-14-12-10-8-2)59-83-87(75,76)81-55-63(70)56-82-88(77,78)84-60-65(58-80-67(72)52-46-40-36-30-32-38-44-50-62(5)6)86-69(74)54-48-42-35-29-25-23-21-19-20-22-24-26-31-37-43-49-61(3)4/h61-65,70H,7-60H2,1-6H3,(H,75,76)(H,77,78)/t63-,64+,65+/m0/s1. The number of ether oxygens (including phenoxy) is 4. The van der Waals surface area contributed by atoms with E-state index in [1.54, 1.807) is 0 Å². The molecule has 0 aliphatic heterocycles. The van der Waals surface area contributed by atoms with Gasteiger partial charge in [-0.05, 0) is 37.5 Å². The molecular formula is C69H134O17P2. The Balaban J connectivity index is 5.19. The summed E-state index contributed by atoms with van der Waals surface area (Å²) in [7, 11) is -9.89. The number of unbranched alkanes of at least 4 members (excludes halogenated alkanes) is 38. The van der Waals surface area contributed by atoms with Gasteiger partial charge in [-0.25, -0.2) is 9.13 Å². The van der Waals surface area contributed by atoms with Crippen LogP contribution < -0.4 is 0 Å². The molecule has 5 atom stereocenters. The Hall–Kier alpha value is -1.94. The summed E-state index contributed by atoms with van der Waals surface area (Å²) in [5.41, 5.74) is 0. The van der Waals surface area contributed by atoms with Gasteiger partial charge in [0.05, 0.1) is 26.4 Å². The topological polar surface area (TPSA) is 237 Å². The summed E-state index contributed by atoms with van der Waals surface area (Å²) < 4.78 is 68.2. The van der Waals surface area contributed by atoms with Gasteiger partial charge in [-0.1, -0.05) is 298 Å². The van der Waals surface area contributed by atoms with Crippen LogP contribution in [0.25, 0.3) is 0 Å². The largest absolute Gasteiger partial charge is 0.472 e. The first-order valence-electron chi connectivity index (χ1n) is 36.0. The summed E-state index contributed by atoms with van der Waals surface area (Å²) in [6, 6.07) is 0. The van der Waals surface area contributed by atoms with Gasteiger partial charge in [-0.3, -0.25) is 37.3 Å². The van der Waals surface area contributed by atoms with Crippen molar-refractivity contribution in [3.8, 4) is 0 Å². The van der Waals surface area contributed by atoms with E-state index >= 15 is 0 Å². The first-order chi connectivity index (χ1) is 42.4. The van der Waals surface area contributed by atoms with E-state index < -0.39 is 97.5 Å². The number of esters is 4. The molecule has 3 N–H and O–H groups in total. The summed E-state index contributed by atoms with van der Waals surface area (Å²) >= 11 is 0. The summed E-state index contributed by atoms with van der Waals surface area (Å²) in [6.45, 7) is 9.49. The Bertz CT molecular complexity index is 1720. The van der Waals surface area contributed by atoms with Crippen molar-refractivity contribution in [1.29, 1.82) is 0 Å². The fourth-order valence-corrected chi connectivity index (χ4v) is 12.0. The Morgan fingerprint density at radius 2 is 0.523 bits per heavy atom. The summed E-state index contributed by atoms with van der Waals surface area (Å²) in [5, 5.41) is 10.6. The van der Waals surface area contributed by atoms with Gasteiger partial charge in [0.1, 0.15) is 19.3 Å². The number of aliphatic hydroxyl groups is 1. The average Bonchev–Trinajstić information content (AvgIpc) is 3.50. The lowest BCUT2D eigenvalue weighted by atomic mass is 10.0. The number of hydrogen-bond acceptors (Lipinski definition) is 15. The lowest BCUT2D eigenvalue weighted by molar-refractivity contribution is -0.161. The molecule has 0 saturated carbocycles. The molecule has 19 heteroatoms. The molecule has 0 heterocycles. The minimum Gasteiger partial charge on any atom is -0.462 e. The van der Waals surface area contributed by atoms with E-state index in [9.17, 15) is 43.2 Å². The van der Waals surface area contributed by atoms with Gasteiger partial charge in [-0.15, -0.1) is 0 Å². The monoisotopic (exact) mass is 1300 g/mol. The molecule has 88 heavy (non-hydrogen) atoms. The van der Waals surface area contributed by atoms with E-state index in [1.165, 1.54) is 161 Å². The number of phosphoric acid groups is 2. The molecule has 0 radical (unpaired) electrons. The highest BCUT2D eigenvalue weighted by Gasteiger charge is 2.30. The van der Waals surface area contributed by atoms with Gasteiger partial charge >= 0.3 is 39.5 Å². The van der Waals surface area contributed by atoms with Crippen LogP contribution in [0.15, 0.2) is 0 Å². The Labute approximate surface area is 537 Å². The number of aliphatic hydroxyl groups excluding tert-OH is 1. The first-order valence-corrected chi connectivity index (χ1v) is 39.0. The van der Waals surface area contributed by atoms with Gasteiger partial charge in [0.25, 0.3) is 0 Å². The Morgan fingerprint density at radius 1 is 0.307 bits per heavy atom. The predicted molar refractivity (Wildman–Crippen MR) is 354 cm³/mol. The molecule has 0 fully saturated rings. The second kappa shape index (κ2) is 61.3. The number of rotatable bonds is 68. The minimum absolute atomic E-state index is 0.106. The molecule has 17 nitrogen and oxygen atoms in total. The van der Waals surface area contributed by atoms with Crippen molar-refractivity contribution < 1.29 is 80.2 Å². The van der Waals surface area contributed by atoms with Crippen LogP contribution in [0.3, 0.4) is 0 Å². The number of carbonyl (C=O) groups is 4. The van der Waals surface area contributed by atoms with Crippen LogP contribution in [-0.2, 0) is 65.4 Å². The molecule has 2 unspecified atom stereocenters. The van der Waals surface area contributed by atoms with E-state index in [0.29, 0.717) is 31.6 Å². The molecule has 0 aromatic rings. The van der Waals surface area contributed by atoms with Gasteiger partial charge in [-0.2, -0.15) is 0 Å². The fraction of sp³-hybridized carbons (Fsp3) is 0.942. The van der Waals surface area contributed by atoms with Gasteiger partial charge < -0.3 is 33.8 Å². The van der Waals surface area contributed by atoms with Crippen LogP contribution in [0, 0.1) is 11.8 Å². The van der Waals surface area contributed by atoms with Crippen molar-refractivity contribution in [2.24, 2.45) is 11.8 Å². The van der Waals surface area contributed by atoms with Crippen LogP contribution in [-0.4, -0.2) is 96.7 Å². The third kappa shape index (κ3) is 62.8. The van der Waals surface area contributed by atoms with Crippen LogP contribution >= 0.6 is 15.6 Å². The third-order valence-electron chi connectivity index (χ3n) is 16.0. The molecule has 0 aliphatic rings. The van der Waals surface area contributed by atoms with Crippen molar-refractivity contribution in [3.63, 3.8) is 0 Å². The predicted octanol–water partition coefficient (Wildman–Crippen LogP) is 19.6. The van der Waals surface area contributed by atoms with Crippen molar-refractivity contribution >= 4 is 39.5 Å². The Kier molecular flexibility index (Phi) is 59.9. The maximum atomic E-state index is 13.0. The van der Waals surface area contributed by atoms with Crippen LogP contribution in [0.1, 0.15) is 350 Å². The minimum atomic E-state index is -4.95. The zero-order valence-corrected chi connectivity index (χ0v) is 58.8. The highest BCUT2D eigenvalue weighted by molar-refractivity contribution is 7.47. The molecule has 0 bridgehead atoms. The number of hydrogen-bond donors (Lipinski definition) is 3. The van der Waals surface area contributed by atoms with Gasteiger partial charge in [0, 0.05) is 25.7 Å². The second-order valence-electron chi connectivity index (χ2n) is 25.9. The highest BCUT2D eigenvalue weighted by Crippen LogP contribution is 2.45. The Morgan fingerprint density at radius 3 is 0.773 bits per heavy atom. The second-order valence-corrected chi connectivity index (χ2v) is 28.8. The molecule has 522 valence electrons. The SMILES string of the molecule is CCCCCCCCCCCCC(=O)OC[C@H](COP(=O)(O)OC[C@H](O)COP(=O)(O)OC[C@@H](COC(=O)CCCCCCCCCC(C)C)OC(=O)CCCCCCCCCCCCCCCCCC(C)C)OC(=O)CCCCCCCCCCCC. The van der Waals surface area contributed by atoms with E-state index in [0.717, 1.165) is 102 Å². The zero-order valence-electron chi connectivity index (χ0n) is 57.0. The average molecular weight is 1300 g/mol. The molecular weight excluding hydrogens is 1160 g/mol. The fourth-order valence-electron chi connectivity index (χ4n) is 10.4. The highest BCUT2D eigenvalue weighted by atomic mass is 31.2. The zero-order chi connectivity index (χ0) is 65.0. The van der Waals surface area contributed by atoms with Crippen molar-refractivity contribution in [2.45, 2.75) is 368 Å². The van der Waals surface area contributed by atoms with Crippen molar-refractivity contribution in [1.82, 2.24) is 0 Å². The number of carbonyl (C=O) groups excluding carboxylic acids is 4. The van der Waals surface area contributed by atoms with E-state index in [-0.39, 0.29) is 25.7 Å². The van der Waals surface area contributed by atoms with Gasteiger partial charge in [0.15, 0.2) is 12.2 Å². The summed E-state index contributed by atoms with van der Waals surface area (Å²) in [6.07, 6.45) is 45.9. The maximum absolute atomic E-state index is 13.0.